The molecule has 5 nitrogen and oxygen atoms in total. The molecule has 0 bridgehead atoms. The smallest absolute Gasteiger partial charge is 0.254 e. The van der Waals surface area contributed by atoms with Gasteiger partial charge in [0.15, 0.2) is 0 Å². The van der Waals surface area contributed by atoms with E-state index in [1.165, 1.54) is 0 Å². The zero-order valence-corrected chi connectivity index (χ0v) is 9.55. The van der Waals surface area contributed by atoms with Crippen LogP contribution in [0.5, 0.6) is 0 Å². The molecular weight excluding hydrogens is 216 g/mol. The van der Waals surface area contributed by atoms with E-state index in [4.69, 9.17) is 11.5 Å². The summed E-state index contributed by atoms with van der Waals surface area (Å²) in [6, 6.07) is 9.39. The molecule has 0 radical (unpaired) electrons. The number of primary amides is 1. The van der Waals surface area contributed by atoms with E-state index in [1.807, 2.05) is 37.3 Å². The van der Waals surface area contributed by atoms with Gasteiger partial charge >= 0.3 is 0 Å². The summed E-state index contributed by atoms with van der Waals surface area (Å²) in [7, 11) is 0. The number of amides is 1. The molecular formula is C12H14N4O. The summed E-state index contributed by atoms with van der Waals surface area (Å²) in [5.74, 6) is -0.236. The molecule has 1 aromatic heterocycles. The van der Waals surface area contributed by atoms with Gasteiger partial charge in [-0.3, -0.25) is 4.79 Å². The standard InChI is InChI=1S/C12H14N4O/c1-2-16-11(13)9(12(14)17)10(15-16)8-6-4-3-5-7-8/h3-7H,2,13H2,1H3,(H2,14,17). The van der Waals surface area contributed by atoms with Gasteiger partial charge in [-0.25, -0.2) is 4.68 Å². The molecule has 0 fully saturated rings. The van der Waals surface area contributed by atoms with Gasteiger partial charge in [-0.15, -0.1) is 0 Å². The molecule has 88 valence electrons. The van der Waals surface area contributed by atoms with Crippen molar-refractivity contribution in [1.82, 2.24) is 9.78 Å². The molecule has 17 heavy (non-hydrogen) atoms. The highest BCUT2D eigenvalue weighted by Gasteiger charge is 2.20. The summed E-state index contributed by atoms with van der Waals surface area (Å²) in [4.78, 5) is 11.4. The largest absolute Gasteiger partial charge is 0.383 e. The Morgan fingerprint density at radius 1 is 1.35 bits per heavy atom. The average molecular weight is 230 g/mol. The minimum atomic E-state index is -0.555. The molecule has 4 N–H and O–H groups in total. The zero-order chi connectivity index (χ0) is 12.4. The Hall–Kier alpha value is -2.30. The minimum Gasteiger partial charge on any atom is -0.383 e. The van der Waals surface area contributed by atoms with E-state index >= 15 is 0 Å². The fourth-order valence-electron chi connectivity index (χ4n) is 1.76. The zero-order valence-electron chi connectivity index (χ0n) is 9.55. The van der Waals surface area contributed by atoms with E-state index in [2.05, 4.69) is 5.10 Å². The Labute approximate surface area is 99.0 Å². The highest BCUT2D eigenvalue weighted by atomic mass is 16.1. The lowest BCUT2D eigenvalue weighted by molar-refractivity contribution is 0.100. The van der Waals surface area contributed by atoms with Crippen molar-refractivity contribution in [2.75, 3.05) is 5.73 Å². The Bertz CT molecular complexity index is 545. The maximum absolute atomic E-state index is 11.4. The third-order valence-electron chi connectivity index (χ3n) is 2.58. The lowest BCUT2D eigenvalue weighted by Gasteiger charge is -1.99. The number of nitrogen functional groups attached to an aromatic ring is 1. The molecule has 0 aliphatic carbocycles. The number of nitrogens with two attached hydrogens (primary N) is 2. The first-order valence-corrected chi connectivity index (χ1v) is 5.36. The fourth-order valence-corrected chi connectivity index (χ4v) is 1.76. The van der Waals surface area contributed by atoms with Crippen LogP contribution in [0.2, 0.25) is 0 Å². The van der Waals surface area contributed by atoms with Gasteiger partial charge in [0.1, 0.15) is 17.1 Å². The van der Waals surface area contributed by atoms with Crippen molar-refractivity contribution in [3.63, 3.8) is 0 Å². The molecule has 2 aromatic rings. The normalized spacial score (nSPS) is 10.4. The quantitative estimate of drug-likeness (QED) is 0.831. The first-order chi connectivity index (χ1) is 8.15. The topological polar surface area (TPSA) is 86.9 Å². The fraction of sp³-hybridized carbons (Fsp3) is 0.167. The van der Waals surface area contributed by atoms with Crippen LogP contribution >= 0.6 is 0 Å². The lowest BCUT2D eigenvalue weighted by atomic mass is 10.1. The van der Waals surface area contributed by atoms with Crippen molar-refractivity contribution < 1.29 is 4.79 Å². The summed E-state index contributed by atoms with van der Waals surface area (Å²) >= 11 is 0. The molecule has 0 aliphatic rings. The predicted molar refractivity (Wildman–Crippen MR) is 66.3 cm³/mol. The first-order valence-electron chi connectivity index (χ1n) is 5.36. The van der Waals surface area contributed by atoms with Gasteiger partial charge in [-0.1, -0.05) is 30.3 Å². The van der Waals surface area contributed by atoms with Crippen LogP contribution in [0, 0.1) is 0 Å². The second-order valence-electron chi connectivity index (χ2n) is 3.65. The second-order valence-corrected chi connectivity index (χ2v) is 3.65. The summed E-state index contributed by atoms with van der Waals surface area (Å²) in [5.41, 5.74) is 12.9. The lowest BCUT2D eigenvalue weighted by Crippen LogP contribution is -2.14. The number of rotatable bonds is 3. The monoisotopic (exact) mass is 230 g/mol. The number of carbonyl (C=O) groups is 1. The average Bonchev–Trinajstić information content (AvgIpc) is 2.67. The van der Waals surface area contributed by atoms with Crippen molar-refractivity contribution in [2.45, 2.75) is 13.5 Å². The third-order valence-corrected chi connectivity index (χ3v) is 2.58. The molecule has 1 aromatic carbocycles. The molecule has 0 unspecified atom stereocenters. The minimum absolute atomic E-state index is 0.290. The van der Waals surface area contributed by atoms with E-state index in [-0.39, 0.29) is 5.56 Å². The van der Waals surface area contributed by atoms with E-state index in [0.29, 0.717) is 18.1 Å². The van der Waals surface area contributed by atoms with Gasteiger partial charge < -0.3 is 11.5 Å². The van der Waals surface area contributed by atoms with Gasteiger partial charge in [0.25, 0.3) is 5.91 Å². The Morgan fingerprint density at radius 3 is 2.53 bits per heavy atom. The van der Waals surface area contributed by atoms with Crippen LogP contribution in [0.3, 0.4) is 0 Å². The number of aryl methyl sites for hydroxylation is 1. The van der Waals surface area contributed by atoms with Crippen LogP contribution < -0.4 is 11.5 Å². The van der Waals surface area contributed by atoms with E-state index in [1.54, 1.807) is 4.68 Å². The molecule has 0 spiro atoms. The number of nitrogens with zero attached hydrogens (tertiary/aromatic N) is 2. The number of hydrogen-bond donors (Lipinski definition) is 2. The van der Waals surface area contributed by atoms with Crippen LogP contribution in [0.1, 0.15) is 17.3 Å². The maximum Gasteiger partial charge on any atom is 0.254 e. The highest BCUT2D eigenvalue weighted by molar-refractivity contribution is 6.03. The molecule has 1 amide bonds. The molecule has 0 saturated heterocycles. The number of anilines is 1. The molecule has 5 heteroatoms. The molecule has 0 aliphatic heterocycles. The first kappa shape index (κ1) is 11.2. The van der Waals surface area contributed by atoms with Crippen molar-refractivity contribution in [3.05, 3.63) is 35.9 Å². The van der Waals surface area contributed by atoms with Gasteiger partial charge in [0.05, 0.1) is 0 Å². The van der Waals surface area contributed by atoms with E-state index in [9.17, 15) is 4.79 Å². The van der Waals surface area contributed by atoms with E-state index < -0.39 is 5.91 Å². The van der Waals surface area contributed by atoms with Crippen LogP contribution in [0.25, 0.3) is 11.3 Å². The molecule has 1 heterocycles. The van der Waals surface area contributed by atoms with Crippen LogP contribution in [-0.2, 0) is 6.54 Å². The van der Waals surface area contributed by atoms with Crippen molar-refractivity contribution >= 4 is 11.7 Å². The number of carbonyl (C=O) groups excluding carboxylic acids is 1. The third kappa shape index (κ3) is 1.87. The Kier molecular flexibility index (Phi) is 2.82. The predicted octanol–water partition coefficient (Wildman–Crippen LogP) is 1.25. The van der Waals surface area contributed by atoms with E-state index in [0.717, 1.165) is 5.56 Å². The van der Waals surface area contributed by atoms with Gasteiger partial charge in [-0.05, 0) is 6.92 Å². The maximum atomic E-state index is 11.4. The Morgan fingerprint density at radius 2 is 2.00 bits per heavy atom. The van der Waals surface area contributed by atoms with Gasteiger partial charge in [-0.2, -0.15) is 5.10 Å². The van der Waals surface area contributed by atoms with Crippen molar-refractivity contribution in [3.8, 4) is 11.3 Å². The van der Waals surface area contributed by atoms with Gasteiger partial charge in [0.2, 0.25) is 0 Å². The number of benzene rings is 1. The summed E-state index contributed by atoms with van der Waals surface area (Å²) in [6.07, 6.45) is 0. The molecule has 2 rings (SSSR count). The summed E-state index contributed by atoms with van der Waals surface area (Å²) < 4.78 is 1.57. The van der Waals surface area contributed by atoms with Crippen LogP contribution in [-0.4, -0.2) is 15.7 Å². The number of aromatic nitrogens is 2. The van der Waals surface area contributed by atoms with Crippen molar-refractivity contribution in [2.24, 2.45) is 5.73 Å². The number of hydrogen-bond acceptors (Lipinski definition) is 3. The van der Waals surface area contributed by atoms with Crippen molar-refractivity contribution in [1.29, 1.82) is 0 Å². The summed E-state index contributed by atoms with van der Waals surface area (Å²) in [6.45, 7) is 2.50. The van der Waals surface area contributed by atoms with Crippen LogP contribution in [0.15, 0.2) is 30.3 Å². The molecule has 0 atom stereocenters. The van der Waals surface area contributed by atoms with Gasteiger partial charge in [0, 0.05) is 12.1 Å². The van der Waals surface area contributed by atoms with Crippen LogP contribution in [0.4, 0.5) is 5.82 Å². The Balaban J connectivity index is 2.65. The molecule has 0 saturated carbocycles. The SMILES string of the molecule is CCn1nc(-c2ccccc2)c(C(N)=O)c1N. The second kappa shape index (κ2) is 4.29. The summed E-state index contributed by atoms with van der Waals surface area (Å²) in [5, 5.41) is 4.31. The highest BCUT2D eigenvalue weighted by Crippen LogP contribution is 2.26.